The van der Waals surface area contributed by atoms with Crippen LogP contribution in [0.4, 0.5) is 0 Å². The lowest BCUT2D eigenvalue weighted by molar-refractivity contribution is 0.268. The Kier molecular flexibility index (Phi) is 4.75. The molecular weight excluding hydrogens is 332 g/mol. The molecule has 0 atom stereocenters. The lowest BCUT2D eigenvalue weighted by Crippen LogP contribution is -2.35. The first kappa shape index (κ1) is 17.1. The highest BCUT2D eigenvalue weighted by molar-refractivity contribution is 7.89. The number of rotatable bonds is 4. The van der Waals surface area contributed by atoms with E-state index in [-0.39, 0.29) is 4.90 Å². The van der Waals surface area contributed by atoms with E-state index in [4.69, 9.17) is 9.05 Å². The van der Waals surface area contributed by atoms with Gasteiger partial charge in [-0.05, 0) is 33.7 Å². The molecule has 2 aromatic heterocycles. The highest BCUT2D eigenvalue weighted by Crippen LogP contribution is 2.24. The summed E-state index contributed by atoms with van der Waals surface area (Å²) in [7, 11) is -3.58. The van der Waals surface area contributed by atoms with Gasteiger partial charge in [0.25, 0.3) is 0 Å². The molecule has 1 aliphatic rings. The van der Waals surface area contributed by atoms with E-state index in [2.05, 4.69) is 15.2 Å². The maximum atomic E-state index is 12.9. The Morgan fingerprint density at radius 3 is 2.50 bits per heavy atom. The molecule has 2 aromatic rings. The predicted molar refractivity (Wildman–Crippen MR) is 85.9 cm³/mol. The van der Waals surface area contributed by atoms with Crippen molar-refractivity contribution in [3.8, 4) is 0 Å². The van der Waals surface area contributed by atoms with Crippen LogP contribution in [-0.4, -0.2) is 54.1 Å². The Labute approximate surface area is 141 Å². The quantitative estimate of drug-likeness (QED) is 0.821. The van der Waals surface area contributed by atoms with Crippen LogP contribution in [-0.2, 0) is 16.6 Å². The Morgan fingerprint density at radius 1 is 1.08 bits per heavy atom. The normalized spacial score (nSPS) is 18.0. The summed E-state index contributed by atoms with van der Waals surface area (Å²) in [5.74, 6) is 1.12. The van der Waals surface area contributed by atoms with Crippen molar-refractivity contribution in [1.82, 2.24) is 19.5 Å². The van der Waals surface area contributed by atoms with Crippen LogP contribution in [0, 0.1) is 20.8 Å². The molecule has 0 N–H and O–H groups in total. The van der Waals surface area contributed by atoms with Crippen molar-refractivity contribution < 1.29 is 17.5 Å². The number of aromatic nitrogens is 2. The number of aryl methyl sites for hydroxylation is 3. The number of hydrogen-bond donors (Lipinski definition) is 0. The monoisotopic (exact) mass is 354 g/mol. The Bertz CT molecular complexity index is 792. The standard InChI is InChI=1S/C15H22N4O4S/c1-11-9-14(17-22-11)10-18-5-4-6-19(8-7-18)24(20,21)15-12(2)16-23-13(15)3/h9H,4-8,10H2,1-3H3. The van der Waals surface area contributed by atoms with E-state index < -0.39 is 10.0 Å². The molecule has 0 saturated carbocycles. The van der Waals surface area contributed by atoms with Crippen molar-refractivity contribution in [2.24, 2.45) is 0 Å². The zero-order chi connectivity index (χ0) is 17.3. The molecule has 0 unspecified atom stereocenters. The summed E-state index contributed by atoms with van der Waals surface area (Å²) < 4.78 is 37.4. The molecule has 8 nitrogen and oxygen atoms in total. The van der Waals surface area contributed by atoms with Crippen molar-refractivity contribution in [2.45, 2.75) is 38.6 Å². The van der Waals surface area contributed by atoms with Crippen LogP contribution in [0.2, 0.25) is 0 Å². The fourth-order valence-corrected chi connectivity index (χ4v) is 4.80. The molecule has 0 bridgehead atoms. The van der Waals surface area contributed by atoms with Gasteiger partial charge in [-0.1, -0.05) is 10.3 Å². The Balaban J connectivity index is 1.71. The van der Waals surface area contributed by atoms with Gasteiger partial charge in [0.1, 0.15) is 16.3 Å². The second-order valence-corrected chi connectivity index (χ2v) is 7.99. The molecule has 24 heavy (non-hydrogen) atoms. The molecule has 3 heterocycles. The zero-order valence-electron chi connectivity index (χ0n) is 14.2. The largest absolute Gasteiger partial charge is 0.361 e. The first-order valence-electron chi connectivity index (χ1n) is 7.95. The Morgan fingerprint density at radius 2 is 1.88 bits per heavy atom. The lowest BCUT2D eigenvalue weighted by atomic mass is 10.3. The minimum Gasteiger partial charge on any atom is -0.361 e. The second kappa shape index (κ2) is 6.66. The molecular formula is C15H22N4O4S. The summed E-state index contributed by atoms with van der Waals surface area (Å²) in [6.07, 6.45) is 0.763. The van der Waals surface area contributed by atoms with Crippen LogP contribution in [0.25, 0.3) is 0 Å². The van der Waals surface area contributed by atoms with Crippen molar-refractivity contribution in [3.63, 3.8) is 0 Å². The SMILES string of the molecule is Cc1cc(CN2CCCN(S(=O)(=O)c3c(C)noc3C)CC2)no1. The molecule has 1 saturated heterocycles. The molecule has 1 fully saturated rings. The van der Waals surface area contributed by atoms with E-state index in [1.54, 1.807) is 13.8 Å². The highest BCUT2D eigenvalue weighted by atomic mass is 32.2. The number of hydrogen-bond acceptors (Lipinski definition) is 7. The Hall–Kier alpha value is -1.71. The number of sulfonamides is 1. The van der Waals surface area contributed by atoms with E-state index in [9.17, 15) is 8.42 Å². The average molecular weight is 354 g/mol. The molecule has 0 radical (unpaired) electrons. The smallest absolute Gasteiger partial charge is 0.248 e. The van der Waals surface area contributed by atoms with Crippen LogP contribution in [0.3, 0.4) is 0 Å². The van der Waals surface area contributed by atoms with E-state index in [1.807, 2.05) is 13.0 Å². The third-order valence-electron chi connectivity index (χ3n) is 4.18. The van der Waals surface area contributed by atoms with E-state index >= 15 is 0 Å². The molecule has 9 heteroatoms. The van der Waals surface area contributed by atoms with Crippen molar-refractivity contribution in [1.29, 1.82) is 0 Å². The minimum atomic E-state index is -3.58. The van der Waals surface area contributed by atoms with Crippen LogP contribution >= 0.6 is 0 Å². The second-order valence-electron chi connectivity index (χ2n) is 6.12. The van der Waals surface area contributed by atoms with Crippen LogP contribution in [0.5, 0.6) is 0 Å². The van der Waals surface area contributed by atoms with Gasteiger partial charge in [0.05, 0.1) is 5.69 Å². The van der Waals surface area contributed by atoms with Gasteiger partial charge in [-0.2, -0.15) is 4.31 Å². The first-order chi connectivity index (χ1) is 11.4. The maximum Gasteiger partial charge on any atom is 0.248 e. The minimum absolute atomic E-state index is 0.197. The zero-order valence-corrected chi connectivity index (χ0v) is 15.0. The van der Waals surface area contributed by atoms with Crippen molar-refractivity contribution >= 4 is 10.0 Å². The van der Waals surface area contributed by atoms with Gasteiger partial charge >= 0.3 is 0 Å². The summed E-state index contributed by atoms with van der Waals surface area (Å²) in [4.78, 5) is 2.39. The van der Waals surface area contributed by atoms with E-state index in [1.165, 1.54) is 4.31 Å². The molecule has 0 aliphatic carbocycles. The molecule has 1 aliphatic heterocycles. The highest BCUT2D eigenvalue weighted by Gasteiger charge is 2.32. The topological polar surface area (TPSA) is 92.7 Å². The van der Waals surface area contributed by atoms with Crippen LogP contribution in [0.15, 0.2) is 20.0 Å². The number of nitrogens with zero attached hydrogens (tertiary/aromatic N) is 4. The molecule has 3 rings (SSSR count). The molecule has 0 spiro atoms. The van der Waals surface area contributed by atoms with Gasteiger partial charge in [0.2, 0.25) is 10.0 Å². The fourth-order valence-electron chi connectivity index (χ4n) is 3.04. The summed E-state index contributed by atoms with van der Waals surface area (Å²) >= 11 is 0. The third-order valence-corrected chi connectivity index (χ3v) is 6.32. The van der Waals surface area contributed by atoms with Crippen LogP contribution in [0.1, 0.15) is 29.3 Å². The summed E-state index contributed by atoms with van der Waals surface area (Å²) in [5, 5.41) is 7.77. The summed E-state index contributed by atoms with van der Waals surface area (Å²) in [5.41, 5.74) is 1.28. The van der Waals surface area contributed by atoms with Crippen LogP contribution < -0.4 is 0 Å². The van der Waals surface area contributed by atoms with E-state index in [0.29, 0.717) is 37.6 Å². The lowest BCUT2D eigenvalue weighted by Gasteiger charge is -2.20. The predicted octanol–water partition coefficient (Wildman–Crippen LogP) is 1.48. The van der Waals surface area contributed by atoms with Gasteiger partial charge in [0.15, 0.2) is 5.76 Å². The summed E-state index contributed by atoms with van der Waals surface area (Å²) in [6, 6.07) is 1.91. The van der Waals surface area contributed by atoms with Gasteiger partial charge in [-0.3, -0.25) is 4.90 Å². The van der Waals surface area contributed by atoms with Crippen molar-refractivity contribution in [2.75, 3.05) is 26.2 Å². The fraction of sp³-hybridized carbons (Fsp3) is 0.600. The molecule has 0 amide bonds. The molecule has 132 valence electrons. The van der Waals surface area contributed by atoms with E-state index in [0.717, 1.165) is 24.4 Å². The van der Waals surface area contributed by atoms with Gasteiger partial charge in [-0.25, -0.2) is 8.42 Å². The van der Waals surface area contributed by atoms with Gasteiger partial charge < -0.3 is 9.05 Å². The van der Waals surface area contributed by atoms with Gasteiger partial charge in [-0.15, -0.1) is 0 Å². The maximum absolute atomic E-state index is 12.9. The van der Waals surface area contributed by atoms with Crippen molar-refractivity contribution in [3.05, 3.63) is 29.0 Å². The molecule has 0 aromatic carbocycles. The van der Waals surface area contributed by atoms with Gasteiger partial charge in [0, 0.05) is 32.2 Å². The summed E-state index contributed by atoms with van der Waals surface area (Å²) in [6.45, 7) is 8.19. The average Bonchev–Trinajstić information content (AvgIpc) is 2.97. The first-order valence-corrected chi connectivity index (χ1v) is 9.39. The third kappa shape index (κ3) is 3.38.